The minimum Gasteiger partial charge on any atom is -0.480 e. The van der Waals surface area contributed by atoms with Crippen molar-refractivity contribution < 1.29 is 14.7 Å². The normalized spacial score (nSPS) is 9.95. The molecule has 5 nitrogen and oxygen atoms in total. The molecule has 0 unspecified atom stereocenters. The van der Waals surface area contributed by atoms with E-state index >= 15 is 0 Å². The highest BCUT2D eigenvalue weighted by Crippen LogP contribution is 2.28. The third kappa shape index (κ3) is 4.38. The number of urea groups is 1. The van der Waals surface area contributed by atoms with Gasteiger partial charge in [0.15, 0.2) is 0 Å². The van der Waals surface area contributed by atoms with Crippen molar-refractivity contribution in [3.8, 4) is 0 Å². The molecular formula is C14H17BrN2O3. The summed E-state index contributed by atoms with van der Waals surface area (Å²) in [6, 6.07) is 3.35. The van der Waals surface area contributed by atoms with Gasteiger partial charge in [0.25, 0.3) is 0 Å². The molecule has 1 aromatic carbocycles. The van der Waals surface area contributed by atoms with Gasteiger partial charge in [0.1, 0.15) is 6.54 Å². The van der Waals surface area contributed by atoms with Crippen molar-refractivity contribution in [1.29, 1.82) is 0 Å². The molecule has 0 bridgehead atoms. The van der Waals surface area contributed by atoms with E-state index in [-0.39, 0.29) is 13.1 Å². The third-order valence-corrected chi connectivity index (χ3v) is 3.25. The van der Waals surface area contributed by atoms with Crippen molar-refractivity contribution >= 4 is 33.6 Å². The van der Waals surface area contributed by atoms with Gasteiger partial charge >= 0.3 is 12.0 Å². The van der Waals surface area contributed by atoms with Crippen LogP contribution in [0.15, 0.2) is 29.3 Å². The lowest BCUT2D eigenvalue weighted by molar-refractivity contribution is -0.137. The van der Waals surface area contributed by atoms with Crippen LogP contribution in [0.1, 0.15) is 11.1 Å². The number of carboxylic acid groups (broad SMARTS) is 1. The van der Waals surface area contributed by atoms with E-state index < -0.39 is 12.0 Å². The predicted octanol–water partition coefficient (Wildman–Crippen LogP) is 3.17. The second-order valence-corrected chi connectivity index (χ2v) is 5.29. The van der Waals surface area contributed by atoms with E-state index in [1.165, 1.54) is 11.0 Å². The van der Waals surface area contributed by atoms with Gasteiger partial charge in [0.2, 0.25) is 0 Å². The summed E-state index contributed by atoms with van der Waals surface area (Å²) in [6.07, 6.45) is 1.49. The number of hydrogen-bond donors (Lipinski definition) is 2. The molecule has 0 aliphatic rings. The van der Waals surface area contributed by atoms with E-state index in [1.54, 1.807) is 0 Å². The van der Waals surface area contributed by atoms with E-state index in [1.807, 2.05) is 26.0 Å². The number of rotatable bonds is 5. The van der Waals surface area contributed by atoms with E-state index in [0.29, 0.717) is 5.69 Å². The average molecular weight is 341 g/mol. The lowest BCUT2D eigenvalue weighted by atomic mass is 10.1. The summed E-state index contributed by atoms with van der Waals surface area (Å²) in [6.45, 7) is 7.15. The number of amides is 2. The van der Waals surface area contributed by atoms with Crippen LogP contribution >= 0.6 is 15.9 Å². The molecule has 0 aromatic heterocycles. The summed E-state index contributed by atoms with van der Waals surface area (Å²) < 4.78 is 0.761. The highest BCUT2D eigenvalue weighted by atomic mass is 79.9. The molecule has 0 saturated heterocycles. The summed E-state index contributed by atoms with van der Waals surface area (Å²) >= 11 is 3.40. The number of benzene rings is 1. The molecule has 2 amide bonds. The largest absolute Gasteiger partial charge is 0.480 e. The van der Waals surface area contributed by atoms with Crippen LogP contribution in [0.4, 0.5) is 10.5 Å². The number of carbonyl (C=O) groups is 2. The second kappa shape index (κ2) is 7.09. The first-order valence-electron chi connectivity index (χ1n) is 6.00. The smallest absolute Gasteiger partial charge is 0.323 e. The van der Waals surface area contributed by atoms with Crippen LogP contribution in [0, 0.1) is 13.8 Å². The number of nitrogens with one attached hydrogen (secondary N) is 1. The Morgan fingerprint density at radius 1 is 1.45 bits per heavy atom. The summed E-state index contributed by atoms with van der Waals surface area (Å²) in [5.41, 5.74) is 2.61. The highest BCUT2D eigenvalue weighted by molar-refractivity contribution is 9.10. The molecule has 1 rings (SSSR count). The molecule has 0 fully saturated rings. The van der Waals surface area contributed by atoms with Crippen LogP contribution in [-0.2, 0) is 4.79 Å². The van der Waals surface area contributed by atoms with Crippen LogP contribution in [0.5, 0.6) is 0 Å². The quantitative estimate of drug-likeness (QED) is 0.809. The van der Waals surface area contributed by atoms with Crippen molar-refractivity contribution in [1.82, 2.24) is 4.90 Å². The predicted molar refractivity (Wildman–Crippen MR) is 82.0 cm³/mol. The number of hydrogen-bond acceptors (Lipinski definition) is 2. The molecule has 0 aliphatic carbocycles. The minimum absolute atomic E-state index is 0.167. The molecule has 0 spiro atoms. The summed E-state index contributed by atoms with van der Waals surface area (Å²) in [5.74, 6) is -1.07. The van der Waals surface area contributed by atoms with Crippen molar-refractivity contribution in [3.63, 3.8) is 0 Å². The average Bonchev–Trinajstić information content (AvgIpc) is 2.32. The lowest BCUT2D eigenvalue weighted by Crippen LogP contribution is -2.39. The van der Waals surface area contributed by atoms with Gasteiger partial charge in [-0.15, -0.1) is 6.58 Å². The Balaban J connectivity index is 2.93. The van der Waals surface area contributed by atoms with E-state index in [9.17, 15) is 9.59 Å². The fourth-order valence-corrected chi connectivity index (χ4v) is 2.57. The van der Waals surface area contributed by atoms with E-state index in [0.717, 1.165) is 15.6 Å². The van der Waals surface area contributed by atoms with Crippen molar-refractivity contribution in [2.24, 2.45) is 0 Å². The highest BCUT2D eigenvalue weighted by Gasteiger charge is 2.17. The monoisotopic (exact) mass is 340 g/mol. The molecule has 108 valence electrons. The standard InChI is InChI=1S/C14H17BrN2O3/c1-4-5-17(8-12(18)19)14(20)16-13-10(3)6-9(2)7-11(13)15/h4,6-7H,1,5,8H2,2-3H3,(H,16,20)(H,18,19). The molecule has 2 N–H and O–H groups in total. The molecule has 0 saturated carbocycles. The second-order valence-electron chi connectivity index (χ2n) is 4.43. The fourth-order valence-electron chi connectivity index (χ4n) is 1.80. The van der Waals surface area contributed by atoms with E-state index in [2.05, 4.69) is 27.8 Å². The van der Waals surface area contributed by atoms with Crippen LogP contribution < -0.4 is 5.32 Å². The summed E-state index contributed by atoms with van der Waals surface area (Å²) in [4.78, 5) is 24.0. The number of anilines is 1. The molecule has 0 radical (unpaired) electrons. The third-order valence-electron chi connectivity index (χ3n) is 2.63. The molecule has 6 heteroatoms. The van der Waals surface area contributed by atoms with Crippen LogP contribution in [0.25, 0.3) is 0 Å². The van der Waals surface area contributed by atoms with Crippen LogP contribution in [0.2, 0.25) is 0 Å². The van der Waals surface area contributed by atoms with Crippen molar-refractivity contribution in [3.05, 3.63) is 40.4 Å². The summed E-state index contributed by atoms with van der Waals surface area (Å²) in [7, 11) is 0. The SMILES string of the molecule is C=CCN(CC(=O)O)C(=O)Nc1c(C)cc(C)cc1Br. The number of aryl methyl sites for hydroxylation is 2. The summed E-state index contributed by atoms with van der Waals surface area (Å²) in [5, 5.41) is 11.5. The number of nitrogens with zero attached hydrogens (tertiary/aromatic N) is 1. The van der Waals surface area contributed by atoms with Gasteiger partial charge in [-0.1, -0.05) is 12.1 Å². The maximum Gasteiger partial charge on any atom is 0.323 e. The molecule has 0 atom stereocenters. The Kier molecular flexibility index (Phi) is 5.76. The molecule has 20 heavy (non-hydrogen) atoms. The lowest BCUT2D eigenvalue weighted by Gasteiger charge is -2.21. The molecule has 0 aliphatic heterocycles. The van der Waals surface area contributed by atoms with Gasteiger partial charge in [-0.25, -0.2) is 4.79 Å². The van der Waals surface area contributed by atoms with Gasteiger partial charge in [-0.3, -0.25) is 4.79 Å². The first kappa shape index (κ1) is 16.2. The minimum atomic E-state index is -1.07. The van der Waals surface area contributed by atoms with Crippen molar-refractivity contribution in [2.45, 2.75) is 13.8 Å². The van der Waals surface area contributed by atoms with E-state index in [4.69, 9.17) is 5.11 Å². The zero-order valence-electron chi connectivity index (χ0n) is 11.4. The van der Waals surface area contributed by atoms with Gasteiger partial charge in [-0.2, -0.15) is 0 Å². The zero-order valence-corrected chi connectivity index (χ0v) is 13.0. The van der Waals surface area contributed by atoms with Gasteiger partial charge < -0.3 is 15.3 Å². The van der Waals surface area contributed by atoms with Crippen molar-refractivity contribution in [2.75, 3.05) is 18.4 Å². The number of carboxylic acids is 1. The number of halogens is 1. The van der Waals surface area contributed by atoms with Gasteiger partial charge in [0.05, 0.1) is 5.69 Å². The molecular weight excluding hydrogens is 324 g/mol. The van der Waals surface area contributed by atoms with Crippen LogP contribution in [-0.4, -0.2) is 35.1 Å². The Morgan fingerprint density at radius 3 is 2.60 bits per heavy atom. The molecule has 1 aromatic rings. The Labute approximate surface area is 126 Å². The Bertz CT molecular complexity index is 520. The van der Waals surface area contributed by atoms with Gasteiger partial charge in [-0.05, 0) is 47.0 Å². The first-order valence-corrected chi connectivity index (χ1v) is 6.79. The number of aliphatic carboxylic acids is 1. The zero-order chi connectivity index (χ0) is 15.3. The Morgan fingerprint density at radius 2 is 2.10 bits per heavy atom. The first-order chi connectivity index (χ1) is 9.35. The maximum atomic E-state index is 12.1. The maximum absolute atomic E-state index is 12.1. The fraction of sp³-hybridized carbons (Fsp3) is 0.286. The molecule has 0 heterocycles. The topological polar surface area (TPSA) is 69.6 Å². The number of carbonyl (C=O) groups excluding carboxylic acids is 1. The Hall–Kier alpha value is -1.82. The van der Waals surface area contributed by atoms with Crippen LogP contribution in [0.3, 0.4) is 0 Å². The van der Waals surface area contributed by atoms with Gasteiger partial charge in [0, 0.05) is 11.0 Å².